The molecule has 0 aliphatic rings. The van der Waals surface area contributed by atoms with Crippen molar-refractivity contribution in [2.75, 3.05) is 27.3 Å². The van der Waals surface area contributed by atoms with Crippen LogP contribution in [0.3, 0.4) is 0 Å². The van der Waals surface area contributed by atoms with Gasteiger partial charge in [-0.25, -0.2) is 0 Å². The average molecular weight is 219 g/mol. The first kappa shape index (κ1) is 14.1. The molecule has 0 aliphatic heterocycles. The summed E-state index contributed by atoms with van der Waals surface area (Å²) in [6.07, 6.45) is 1.21. The maximum Gasteiger partial charge on any atom is 0.177 e. The quantitative estimate of drug-likeness (QED) is 0.457. The van der Waals surface area contributed by atoms with Crippen molar-refractivity contribution >= 4 is 8.96 Å². The highest BCUT2D eigenvalue weighted by molar-refractivity contribution is 6.56. The molecule has 0 saturated heterocycles. The SMILES string of the molecule is CCC[SiH](C(OCC)OCC)N(C)C. The Hall–Kier alpha value is 0.0969. The van der Waals surface area contributed by atoms with Crippen LogP contribution in [0.1, 0.15) is 27.2 Å². The molecule has 0 heterocycles. The lowest BCUT2D eigenvalue weighted by molar-refractivity contribution is -0.0891. The fourth-order valence-corrected chi connectivity index (χ4v) is 4.23. The normalized spacial score (nSPS) is 13.9. The van der Waals surface area contributed by atoms with Gasteiger partial charge in [0.15, 0.2) is 14.9 Å². The summed E-state index contributed by atoms with van der Waals surface area (Å²) in [5.74, 6) is 0.0555. The summed E-state index contributed by atoms with van der Waals surface area (Å²) in [6, 6.07) is 1.25. The third-order valence-electron chi connectivity index (χ3n) is 2.22. The van der Waals surface area contributed by atoms with Gasteiger partial charge in [0.25, 0.3) is 0 Å². The van der Waals surface area contributed by atoms with Crippen LogP contribution in [0.25, 0.3) is 0 Å². The lowest BCUT2D eigenvalue weighted by Crippen LogP contribution is -2.46. The van der Waals surface area contributed by atoms with Crippen molar-refractivity contribution in [3.05, 3.63) is 0 Å². The molecule has 0 spiro atoms. The lowest BCUT2D eigenvalue weighted by atomic mass is 10.6. The summed E-state index contributed by atoms with van der Waals surface area (Å²) in [5.41, 5.74) is 0. The predicted molar refractivity (Wildman–Crippen MR) is 63.0 cm³/mol. The van der Waals surface area contributed by atoms with Gasteiger partial charge in [-0.3, -0.25) is 0 Å². The van der Waals surface area contributed by atoms with E-state index in [1.165, 1.54) is 12.5 Å². The summed E-state index contributed by atoms with van der Waals surface area (Å²) >= 11 is 0. The molecule has 0 aliphatic carbocycles. The Balaban J connectivity index is 4.21. The number of nitrogens with zero attached hydrogens (tertiary/aromatic N) is 1. The van der Waals surface area contributed by atoms with Gasteiger partial charge in [-0.2, -0.15) is 0 Å². The Morgan fingerprint density at radius 3 is 1.86 bits per heavy atom. The Bertz CT molecular complexity index is 127. The van der Waals surface area contributed by atoms with E-state index >= 15 is 0 Å². The van der Waals surface area contributed by atoms with E-state index in [1.54, 1.807) is 0 Å². The number of rotatable bonds is 8. The third-order valence-corrected chi connectivity index (χ3v) is 5.73. The van der Waals surface area contributed by atoms with Gasteiger partial charge in [0, 0.05) is 13.2 Å². The molecular weight excluding hydrogens is 194 g/mol. The van der Waals surface area contributed by atoms with E-state index in [9.17, 15) is 0 Å². The van der Waals surface area contributed by atoms with E-state index in [2.05, 4.69) is 25.6 Å². The van der Waals surface area contributed by atoms with Gasteiger partial charge < -0.3 is 14.0 Å². The van der Waals surface area contributed by atoms with E-state index in [0.717, 1.165) is 13.2 Å². The van der Waals surface area contributed by atoms with E-state index in [-0.39, 0.29) is 5.91 Å². The Morgan fingerprint density at radius 2 is 1.57 bits per heavy atom. The van der Waals surface area contributed by atoms with Crippen molar-refractivity contribution in [3.8, 4) is 0 Å². The molecule has 86 valence electrons. The molecule has 0 bridgehead atoms. The molecule has 14 heavy (non-hydrogen) atoms. The van der Waals surface area contributed by atoms with Crippen molar-refractivity contribution in [3.63, 3.8) is 0 Å². The third kappa shape index (κ3) is 5.10. The molecule has 0 N–H and O–H groups in total. The number of hydrogen-bond acceptors (Lipinski definition) is 3. The number of hydrogen-bond donors (Lipinski definition) is 0. The highest BCUT2D eigenvalue weighted by atomic mass is 28.3. The van der Waals surface area contributed by atoms with Crippen LogP contribution < -0.4 is 0 Å². The summed E-state index contributed by atoms with van der Waals surface area (Å²) in [6.45, 7) is 7.76. The second-order valence-electron chi connectivity index (χ2n) is 3.60. The molecule has 0 amide bonds. The van der Waals surface area contributed by atoms with Gasteiger partial charge in [0.05, 0.1) is 0 Å². The Labute approximate surface area is 90.1 Å². The minimum Gasteiger partial charge on any atom is -0.355 e. The van der Waals surface area contributed by atoms with Gasteiger partial charge >= 0.3 is 0 Å². The monoisotopic (exact) mass is 219 g/mol. The van der Waals surface area contributed by atoms with Crippen molar-refractivity contribution in [1.29, 1.82) is 0 Å². The van der Waals surface area contributed by atoms with Crippen LogP contribution in [0.5, 0.6) is 0 Å². The topological polar surface area (TPSA) is 21.7 Å². The molecule has 0 fully saturated rings. The summed E-state index contributed by atoms with van der Waals surface area (Å²) < 4.78 is 13.6. The molecule has 0 saturated carbocycles. The molecule has 0 radical (unpaired) electrons. The van der Waals surface area contributed by atoms with Crippen molar-refractivity contribution < 1.29 is 9.47 Å². The van der Waals surface area contributed by atoms with Crippen LogP contribution in [-0.4, -0.2) is 46.7 Å². The predicted octanol–water partition coefficient (Wildman–Crippen LogP) is 1.62. The highest BCUT2D eigenvalue weighted by Gasteiger charge is 2.25. The van der Waals surface area contributed by atoms with Crippen LogP contribution in [0.4, 0.5) is 0 Å². The largest absolute Gasteiger partial charge is 0.355 e. The van der Waals surface area contributed by atoms with E-state index in [0.29, 0.717) is 0 Å². The molecule has 0 aromatic carbocycles. The molecule has 0 aromatic heterocycles. The maximum absolute atomic E-state index is 5.66. The standard InChI is InChI=1S/C10H25NO2Si/c1-6-9-14(11(4)5)10(12-7-2)13-8-3/h10,14H,6-9H2,1-5H3. The van der Waals surface area contributed by atoms with Gasteiger partial charge in [-0.1, -0.05) is 13.3 Å². The number of ether oxygens (including phenoxy) is 2. The van der Waals surface area contributed by atoms with Crippen molar-refractivity contribution in [1.82, 2.24) is 4.57 Å². The zero-order valence-corrected chi connectivity index (χ0v) is 11.4. The maximum atomic E-state index is 5.66. The first-order valence-corrected chi connectivity index (χ1v) is 7.56. The van der Waals surface area contributed by atoms with Crippen LogP contribution in [0.2, 0.25) is 6.04 Å². The van der Waals surface area contributed by atoms with Crippen molar-refractivity contribution in [2.24, 2.45) is 0 Å². The van der Waals surface area contributed by atoms with E-state index in [1.807, 2.05) is 13.8 Å². The Kier molecular flexibility index (Phi) is 8.47. The second-order valence-corrected chi connectivity index (χ2v) is 6.89. The molecule has 3 nitrogen and oxygen atoms in total. The molecule has 1 unspecified atom stereocenters. The first-order chi connectivity index (χ1) is 6.67. The van der Waals surface area contributed by atoms with E-state index < -0.39 is 8.96 Å². The zero-order valence-electron chi connectivity index (χ0n) is 10.2. The fraction of sp³-hybridized carbons (Fsp3) is 1.00. The summed E-state index contributed by atoms with van der Waals surface area (Å²) in [5, 5.41) is 0. The molecular formula is C10H25NO2Si. The van der Waals surface area contributed by atoms with Crippen molar-refractivity contribution in [2.45, 2.75) is 39.1 Å². The smallest absolute Gasteiger partial charge is 0.177 e. The zero-order chi connectivity index (χ0) is 11.0. The molecule has 0 aromatic rings. The van der Waals surface area contributed by atoms with Crippen LogP contribution >= 0.6 is 0 Å². The minimum atomic E-state index is -1.07. The summed E-state index contributed by atoms with van der Waals surface area (Å²) in [4.78, 5) is 0. The van der Waals surface area contributed by atoms with Gasteiger partial charge in [-0.05, 0) is 34.0 Å². The second kappa shape index (κ2) is 8.41. The minimum absolute atomic E-state index is 0.0555. The van der Waals surface area contributed by atoms with Gasteiger partial charge in [0.2, 0.25) is 0 Å². The molecule has 0 rings (SSSR count). The first-order valence-electron chi connectivity index (χ1n) is 5.56. The molecule has 4 heteroatoms. The Morgan fingerprint density at radius 1 is 1.07 bits per heavy atom. The van der Waals surface area contributed by atoms with Crippen LogP contribution in [0.15, 0.2) is 0 Å². The fourth-order valence-electron chi connectivity index (χ4n) is 1.53. The van der Waals surface area contributed by atoms with Gasteiger partial charge in [-0.15, -0.1) is 0 Å². The van der Waals surface area contributed by atoms with E-state index in [4.69, 9.17) is 9.47 Å². The lowest BCUT2D eigenvalue weighted by Gasteiger charge is -2.29. The van der Waals surface area contributed by atoms with Crippen LogP contribution in [0, 0.1) is 0 Å². The highest BCUT2D eigenvalue weighted by Crippen LogP contribution is 2.10. The summed E-state index contributed by atoms with van der Waals surface area (Å²) in [7, 11) is 3.20. The average Bonchev–Trinajstić information content (AvgIpc) is 2.13. The van der Waals surface area contributed by atoms with Crippen LogP contribution in [-0.2, 0) is 9.47 Å². The van der Waals surface area contributed by atoms with Gasteiger partial charge in [0.1, 0.15) is 0 Å². The molecule has 1 atom stereocenters.